The molecule has 5 rings (SSSR count). The molecule has 1 aliphatic heterocycles. The molecule has 0 aliphatic carbocycles. The Kier molecular flexibility index (Phi) is 10.9. The van der Waals surface area contributed by atoms with Crippen molar-refractivity contribution in [2.45, 2.75) is 78.0 Å². The van der Waals surface area contributed by atoms with Crippen LogP contribution in [0.5, 0.6) is 0 Å². The number of esters is 1. The molecule has 1 aliphatic rings. The number of aryl methyl sites for hydroxylation is 1. The topological polar surface area (TPSA) is 147 Å². The molecule has 3 N–H and O–H groups in total. The van der Waals surface area contributed by atoms with Gasteiger partial charge in [0.2, 0.25) is 11.8 Å². The van der Waals surface area contributed by atoms with E-state index in [0.717, 1.165) is 47.7 Å². The molecule has 12 heteroatoms. The third-order valence-corrected chi connectivity index (χ3v) is 9.78. The van der Waals surface area contributed by atoms with Gasteiger partial charge in [0, 0.05) is 36.6 Å². The van der Waals surface area contributed by atoms with Crippen LogP contribution in [0, 0.1) is 12.8 Å². The smallest absolute Gasteiger partial charge is 0.360 e. The third kappa shape index (κ3) is 8.42. The van der Waals surface area contributed by atoms with E-state index in [9.17, 15) is 18.0 Å². The molecule has 2 atom stereocenters. The fourth-order valence-electron chi connectivity index (χ4n) is 5.76. The minimum atomic E-state index is -3.90. The molecule has 0 unspecified atom stereocenters. The highest BCUT2D eigenvalue weighted by atomic mass is 32.2. The minimum absolute atomic E-state index is 0.0182. The summed E-state index contributed by atoms with van der Waals surface area (Å²) in [5.74, 6) is -0.727. The molecule has 0 spiro atoms. The van der Waals surface area contributed by atoms with Crippen molar-refractivity contribution in [2.24, 2.45) is 5.92 Å². The standard InChI is InChI=1S/C34H43N5O6S/c1-23(2)19-29(38-46(42,43)39-17-11-4-5-12-18-39)32(40)36-30(20-26-21-35-28-16-10-9-15-27(26)28)33-37-31(24(3)45-33)34(41)44-22-25-13-7-6-8-14-25/h6-10,13-16,21,23,29-30,35,38H,4-5,11-12,17-20,22H2,1-3H3,(H,36,40)/t29-,30+/m0/s1. The molecular weight excluding hydrogens is 606 g/mol. The van der Waals surface area contributed by atoms with E-state index < -0.39 is 34.2 Å². The first-order chi connectivity index (χ1) is 22.1. The van der Waals surface area contributed by atoms with Crippen LogP contribution in [0.2, 0.25) is 0 Å². The van der Waals surface area contributed by atoms with Gasteiger partial charge in [0.1, 0.15) is 24.5 Å². The molecular formula is C34H43N5O6S. The van der Waals surface area contributed by atoms with Crippen molar-refractivity contribution in [3.05, 3.63) is 89.3 Å². The molecule has 46 heavy (non-hydrogen) atoms. The number of hydrogen-bond donors (Lipinski definition) is 3. The van der Waals surface area contributed by atoms with Crippen LogP contribution >= 0.6 is 0 Å². The maximum absolute atomic E-state index is 13.9. The number of oxazole rings is 1. The van der Waals surface area contributed by atoms with Gasteiger partial charge in [-0.2, -0.15) is 17.4 Å². The zero-order valence-corrected chi connectivity index (χ0v) is 27.4. The van der Waals surface area contributed by atoms with Crippen LogP contribution in [0.4, 0.5) is 0 Å². The quantitative estimate of drug-likeness (QED) is 0.166. The fraction of sp³-hybridized carbons (Fsp3) is 0.441. The van der Waals surface area contributed by atoms with E-state index in [2.05, 4.69) is 20.0 Å². The van der Waals surface area contributed by atoms with Crippen LogP contribution in [0.3, 0.4) is 0 Å². The second-order valence-corrected chi connectivity index (χ2v) is 14.0. The third-order valence-electron chi connectivity index (χ3n) is 8.15. The Hall–Kier alpha value is -4.00. The molecule has 3 heterocycles. The van der Waals surface area contributed by atoms with Gasteiger partial charge in [0.25, 0.3) is 10.2 Å². The largest absolute Gasteiger partial charge is 0.456 e. The molecule has 11 nitrogen and oxygen atoms in total. The van der Waals surface area contributed by atoms with Gasteiger partial charge in [-0.05, 0) is 49.3 Å². The lowest BCUT2D eigenvalue weighted by atomic mass is 10.0. The first-order valence-corrected chi connectivity index (χ1v) is 17.4. The number of hydrogen-bond acceptors (Lipinski definition) is 7. The van der Waals surface area contributed by atoms with E-state index in [1.807, 2.05) is 74.6 Å². The monoisotopic (exact) mass is 649 g/mol. The first kappa shape index (κ1) is 33.4. The van der Waals surface area contributed by atoms with Crippen molar-refractivity contribution in [1.29, 1.82) is 0 Å². The summed E-state index contributed by atoms with van der Waals surface area (Å²) in [4.78, 5) is 34.7. The normalized spacial score (nSPS) is 15.8. The van der Waals surface area contributed by atoms with Crippen LogP contribution in [-0.4, -0.2) is 53.7 Å². The van der Waals surface area contributed by atoms with E-state index in [0.29, 0.717) is 19.5 Å². The van der Waals surface area contributed by atoms with E-state index in [4.69, 9.17) is 9.15 Å². The van der Waals surface area contributed by atoms with Gasteiger partial charge < -0.3 is 19.5 Å². The molecule has 0 radical (unpaired) electrons. The lowest BCUT2D eigenvalue weighted by molar-refractivity contribution is -0.124. The van der Waals surface area contributed by atoms with Crippen LogP contribution in [0.1, 0.15) is 85.3 Å². The number of fused-ring (bicyclic) bond motifs is 1. The van der Waals surface area contributed by atoms with Gasteiger partial charge in [-0.3, -0.25) is 4.79 Å². The second-order valence-electron chi connectivity index (χ2n) is 12.3. The Morgan fingerprint density at radius 2 is 1.72 bits per heavy atom. The average molecular weight is 650 g/mol. The van der Waals surface area contributed by atoms with E-state index in [1.165, 1.54) is 4.31 Å². The summed E-state index contributed by atoms with van der Waals surface area (Å²) in [5, 5.41) is 3.98. The van der Waals surface area contributed by atoms with E-state index >= 15 is 0 Å². The molecule has 1 fully saturated rings. The predicted octanol–water partition coefficient (Wildman–Crippen LogP) is 5.35. The number of amides is 1. The molecule has 2 aromatic carbocycles. The summed E-state index contributed by atoms with van der Waals surface area (Å²) in [5.41, 5.74) is 2.68. The highest BCUT2D eigenvalue weighted by Crippen LogP contribution is 2.27. The van der Waals surface area contributed by atoms with Crippen LogP contribution in [0.15, 0.2) is 65.2 Å². The number of carbonyl (C=O) groups is 2. The number of para-hydroxylation sites is 1. The van der Waals surface area contributed by atoms with Crippen molar-refractivity contribution in [2.75, 3.05) is 13.1 Å². The Morgan fingerprint density at radius 3 is 2.43 bits per heavy atom. The lowest BCUT2D eigenvalue weighted by Crippen LogP contribution is -2.52. The molecule has 2 aromatic heterocycles. The zero-order chi connectivity index (χ0) is 32.7. The number of rotatable bonds is 13. The Morgan fingerprint density at radius 1 is 1.02 bits per heavy atom. The number of benzene rings is 2. The maximum Gasteiger partial charge on any atom is 0.360 e. The van der Waals surface area contributed by atoms with Crippen molar-refractivity contribution in [3.63, 3.8) is 0 Å². The van der Waals surface area contributed by atoms with Crippen LogP contribution < -0.4 is 10.0 Å². The predicted molar refractivity (Wildman–Crippen MR) is 175 cm³/mol. The summed E-state index contributed by atoms with van der Waals surface area (Å²) < 4.78 is 42.5. The van der Waals surface area contributed by atoms with Gasteiger partial charge in [-0.25, -0.2) is 9.78 Å². The van der Waals surface area contributed by atoms with Crippen LogP contribution in [0.25, 0.3) is 10.9 Å². The summed E-state index contributed by atoms with van der Waals surface area (Å²) in [6.07, 6.45) is 5.97. The van der Waals surface area contributed by atoms with Crippen molar-refractivity contribution >= 4 is 33.0 Å². The van der Waals surface area contributed by atoms with Gasteiger partial charge in [0.15, 0.2) is 5.69 Å². The number of nitrogens with one attached hydrogen (secondary N) is 3. The van der Waals surface area contributed by atoms with Crippen molar-refractivity contribution < 1.29 is 27.2 Å². The number of ether oxygens (including phenoxy) is 1. The molecule has 0 bridgehead atoms. The number of aromatic nitrogens is 2. The maximum atomic E-state index is 13.9. The second kappa shape index (κ2) is 15.1. The number of nitrogens with zero attached hydrogens (tertiary/aromatic N) is 2. The molecule has 246 valence electrons. The zero-order valence-electron chi connectivity index (χ0n) is 26.6. The van der Waals surface area contributed by atoms with Crippen LogP contribution in [-0.2, 0) is 32.8 Å². The van der Waals surface area contributed by atoms with Crippen molar-refractivity contribution in [1.82, 2.24) is 24.3 Å². The summed E-state index contributed by atoms with van der Waals surface area (Å²) in [6, 6.07) is 15.3. The Labute approximate surface area is 270 Å². The highest BCUT2D eigenvalue weighted by molar-refractivity contribution is 7.87. The average Bonchev–Trinajstić information content (AvgIpc) is 3.50. The van der Waals surface area contributed by atoms with Gasteiger partial charge in [0.05, 0.1) is 0 Å². The highest BCUT2D eigenvalue weighted by Gasteiger charge is 2.33. The molecule has 1 saturated heterocycles. The molecule has 4 aromatic rings. The van der Waals surface area contributed by atoms with Gasteiger partial charge in [-0.15, -0.1) is 0 Å². The lowest BCUT2D eigenvalue weighted by Gasteiger charge is -2.26. The fourth-order valence-corrected chi connectivity index (χ4v) is 7.21. The SMILES string of the molecule is Cc1oc([C@@H](Cc2c[nH]c3ccccc23)NC(=O)[C@H](CC(C)C)NS(=O)(=O)N2CCCCCC2)nc1C(=O)OCc1ccccc1. The summed E-state index contributed by atoms with van der Waals surface area (Å²) in [7, 11) is -3.90. The molecule has 1 amide bonds. The van der Waals surface area contributed by atoms with E-state index in [-0.39, 0.29) is 36.3 Å². The van der Waals surface area contributed by atoms with E-state index in [1.54, 1.807) is 6.92 Å². The van der Waals surface area contributed by atoms with Gasteiger partial charge in [-0.1, -0.05) is 75.2 Å². The Balaban J connectivity index is 1.40. The van der Waals surface area contributed by atoms with Gasteiger partial charge >= 0.3 is 5.97 Å². The molecule has 0 saturated carbocycles. The number of aromatic amines is 1. The minimum Gasteiger partial charge on any atom is -0.456 e. The first-order valence-electron chi connectivity index (χ1n) is 15.9. The number of carbonyl (C=O) groups excluding carboxylic acids is 2. The summed E-state index contributed by atoms with van der Waals surface area (Å²) >= 11 is 0. The summed E-state index contributed by atoms with van der Waals surface area (Å²) in [6.45, 7) is 6.42. The number of H-pyrrole nitrogens is 1. The Bertz CT molecular complexity index is 1720. The van der Waals surface area contributed by atoms with Crippen molar-refractivity contribution in [3.8, 4) is 0 Å².